The molecule has 2 aromatic carbocycles. The summed E-state index contributed by atoms with van der Waals surface area (Å²) in [6.07, 6.45) is 0.956. The molecule has 0 saturated carbocycles. The van der Waals surface area contributed by atoms with E-state index < -0.39 is 0 Å². The number of hydrogen-bond donors (Lipinski definition) is 2. The van der Waals surface area contributed by atoms with Crippen molar-refractivity contribution in [2.75, 3.05) is 0 Å². The fourth-order valence-electron chi connectivity index (χ4n) is 2.28. The molecule has 0 spiro atoms. The minimum absolute atomic E-state index is 0.0901. The summed E-state index contributed by atoms with van der Waals surface area (Å²) >= 11 is 11.9. The summed E-state index contributed by atoms with van der Waals surface area (Å²) < 4.78 is 0. The maximum absolute atomic E-state index is 9.98. The van der Waals surface area contributed by atoms with Crippen LogP contribution in [0.1, 0.15) is 36.1 Å². The lowest BCUT2D eigenvalue weighted by Gasteiger charge is -2.18. The van der Waals surface area contributed by atoms with Crippen LogP contribution in [0, 0.1) is 6.92 Å². The number of aromatic hydroxyl groups is 1. The summed E-state index contributed by atoms with van der Waals surface area (Å²) in [6, 6.07) is 12.0. The van der Waals surface area contributed by atoms with Gasteiger partial charge in [0.1, 0.15) is 5.75 Å². The first-order chi connectivity index (χ1) is 10.0. The minimum Gasteiger partial charge on any atom is -0.506 e. The lowest BCUT2D eigenvalue weighted by molar-refractivity contribution is 0.455. The van der Waals surface area contributed by atoms with Crippen molar-refractivity contribution in [2.45, 2.75) is 32.9 Å². The predicted octanol–water partition coefficient (Wildman–Crippen LogP) is 5.25. The fraction of sp³-hybridized carbons (Fsp3) is 0.294. The Hall–Kier alpha value is -1.22. The van der Waals surface area contributed by atoms with E-state index in [9.17, 15) is 5.11 Å². The molecule has 0 aliphatic heterocycles. The lowest BCUT2D eigenvalue weighted by Crippen LogP contribution is -2.20. The van der Waals surface area contributed by atoms with E-state index in [1.54, 1.807) is 12.1 Å². The first kappa shape index (κ1) is 16.2. The summed E-state index contributed by atoms with van der Waals surface area (Å²) in [6.45, 7) is 4.71. The molecule has 112 valence electrons. The quantitative estimate of drug-likeness (QED) is 0.787. The van der Waals surface area contributed by atoms with Crippen LogP contribution in [-0.4, -0.2) is 5.11 Å². The van der Waals surface area contributed by atoms with Crippen molar-refractivity contribution in [1.82, 2.24) is 5.32 Å². The summed E-state index contributed by atoms with van der Waals surface area (Å²) in [7, 11) is 0. The van der Waals surface area contributed by atoms with Crippen LogP contribution in [0.15, 0.2) is 36.4 Å². The van der Waals surface area contributed by atoms with E-state index in [-0.39, 0.29) is 16.8 Å². The highest BCUT2D eigenvalue weighted by atomic mass is 35.5. The van der Waals surface area contributed by atoms with Crippen molar-refractivity contribution >= 4 is 23.2 Å². The molecule has 2 N–H and O–H groups in total. The Bertz CT molecular complexity index is 611. The summed E-state index contributed by atoms with van der Waals surface area (Å²) in [5.41, 5.74) is 3.18. The molecule has 0 aliphatic rings. The zero-order valence-electron chi connectivity index (χ0n) is 12.2. The Labute approximate surface area is 135 Å². The van der Waals surface area contributed by atoms with E-state index in [1.807, 2.05) is 0 Å². The second kappa shape index (κ2) is 7.17. The van der Waals surface area contributed by atoms with Crippen molar-refractivity contribution in [1.29, 1.82) is 0 Å². The molecule has 0 saturated heterocycles. The Morgan fingerprint density at radius 1 is 1.14 bits per heavy atom. The SMILES string of the molecule is CCC(NCc1cc(Cl)cc(Cl)c1O)c1ccc(C)cc1. The normalized spacial score (nSPS) is 12.4. The molecule has 1 atom stereocenters. The molecule has 0 heterocycles. The molecule has 4 heteroatoms. The standard InChI is InChI=1S/C17H19Cl2NO/c1-3-16(12-6-4-11(2)5-7-12)20-10-13-8-14(18)9-15(19)17(13)21/h4-9,16,20-21H,3,10H2,1-2H3. The zero-order chi connectivity index (χ0) is 15.4. The van der Waals surface area contributed by atoms with Gasteiger partial charge in [0.2, 0.25) is 0 Å². The van der Waals surface area contributed by atoms with Gasteiger partial charge >= 0.3 is 0 Å². The average Bonchev–Trinajstić information content (AvgIpc) is 2.46. The van der Waals surface area contributed by atoms with Gasteiger partial charge in [-0.25, -0.2) is 0 Å². The second-order valence-corrected chi connectivity index (χ2v) is 5.99. The number of benzene rings is 2. The lowest BCUT2D eigenvalue weighted by atomic mass is 10.0. The van der Waals surface area contributed by atoms with Crippen molar-refractivity contribution in [3.8, 4) is 5.75 Å². The summed E-state index contributed by atoms with van der Waals surface area (Å²) in [5.74, 6) is 0.0901. The van der Waals surface area contributed by atoms with Gasteiger partial charge in [-0.3, -0.25) is 0 Å². The third kappa shape index (κ3) is 4.13. The van der Waals surface area contributed by atoms with Gasteiger partial charge in [-0.15, -0.1) is 0 Å². The molecular weight excluding hydrogens is 305 g/mol. The molecule has 0 aromatic heterocycles. The maximum Gasteiger partial charge on any atom is 0.138 e. The van der Waals surface area contributed by atoms with Crippen LogP contribution in [0.5, 0.6) is 5.75 Å². The average molecular weight is 324 g/mol. The number of hydrogen-bond acceptors (Lipinski definition) is 2. The Morgan fingerprint density at radius 3 is 2.43 bits per heavy atom. The molecule has 2 aromatic rings. The van der Waals surface area contributed by atoms with Gasteiger partial charge in [-0.2, -0.15) is 0 Å². The summed E-state index contributed by atoms with van der Waals surface area (Å²) in [4.78, 5) is 0. The minimum atomic E-state index is 0.0901. The smallest absolute Gasteiger partial charge is 0.138 e. The van der Waals surface area contributed by atoms with Gasteiger partial charge < -0.3 is 10.4 Å². The molecule has 0 bridgehead atoms. The highest BCUT2D eigenvalue weighted by Crippen LogP contribution is 2.31. The largest absolute Gasteiger partial charge is 0.506 e. The van der Waals surface area contributed by atoms with Gasteiger partial charge in [-0.05, 0) is 31.0 Å². The zero-order valence-corrected chi connectivity index (χ0v) is 13.7. The fourth-order valence-corrected chi connectivity index (χ4v) is 2.82. The monoisotopic (exact) mass is 323 g/mol. The van der Waals surface area contributed by atoms with Crippen LogP contribution >= 0.6 is 23.2 Å². The van der Waals surface area contributed by atoms with Crippen LogP contribution in [-0.2, 0) is 6.54 Å². The van der Waals surface area contributed by atoms with Gasteiger partial charge in [-0.1, -0.05) is 60.0 Å². The van der Waals surface area contributed by atoms with Gasteiger partial charge in [0.25, 0.3) is 0 Å². The summed E-state index contributed by atoms with van der Waals surface area (Å²) in [5, 5.41) is 14.2. The van der Waals surface area contributed by atoms with E-state index in [1.165, 1.54) is 11.1 Å². The first-order valence-electron chi connectivity index (χ1n) is 6.98. The highest BCUT2D eigenvalue weighted by molar-refractivity contribution is 6.35. The Kier molecular flexibility index (Phi) is 5.51. The van der Waals surface area contributed by atoms with Crippen LogP contribution in [0.4, 0.5) is 0 Å². The Morgan fingerprint density at radius 2 is 1.81 bits per heavy atom. The molecule has 0 aliphatic carbocycles. The number of phenols is 1. The number of nitrogens with one attached hydrogen (secondary N) is 1. The maximum atomic E-state index is 9.98. The molecule has 0 radical (unpaired) electrons. The molecule has 21 heavy (non-hydrogen) atoms. The number of halogens is 2. The van der Waals surface area contributed by atoms with Crippen molar-refractivity contribution in [3.05, 3.63) is 63.1 Å². The van der Waals surface area contributed by atoms with Gasteiger partial charge in [0, 0.05) is 23.2 Å². The van der Waals surface area contributed by atoms with E-state index in [0.29, 0.717) is 17.1 Å². The predicted molar refractivity (Wildman–Crippen MR) is 89.2 cm³/mol. The topological polar surface area (TPSA) is 32.3 Å². The molecule has 1 unspecified atom stereocenters. The van der Waals surface area contributed by atoms with Crippen LogP contribution < -0.4 is 5.32 Å². The highest BCUT2D eigenvalue weighted by Gasteiger charge is 2.12. The van der Waals surface area contributed by atoms with Crippen LogP contribution in [0.25, 0.3) is 0 Å². The van der Waals surface area contributed by atoms with Crippen LogP contribution in [0.2, 0.25) is 10.0 Å². The third-order valence-corrected chi connectivity index (χ3v) is 4.04. The molecule has 2 rings (SSSR count). The van der Waals surface area contributed by atoms with E-state index in [0.717, 1.165) is 6.42 Å². The first-order valence-corrected chi connectivity index (χ1v) is 7.73. The van der Waals surface area contributed by atoms with E-state index in [2.05, 4.69) is 43.4 Å². The molecular formula is C17H19Cl2NO. The van der Waals surface area contributed by atoms with Crippen molar-refractivity contribution < 1.29 is 5.11 Å². The molecule has 0 fully saturated rings. The second-order valence-electron chi connectivity index (χ2n) is 5.15. The van der Waals surface area contributed by atoms with Crippen molar-refractivity contribution in [2.24, 2.45) is 0 Å². The van der Waals surface area contributed by atoms with Crippen molar-refractivity contribution in [3.63, 3.8) is 0 Å². The van der Waals surface area contributed by atoms with Gasteiger partial charge in [0.05, 0.1) is 5.02 Å². The third-order valence-electron chi connectivity index (χ3n) is 3.53. The number of aryl methyl sites for hydroxylation is 1. The van der Waals surface area contributed by atoms with E-state index >= 15 is 0 Å². The molecule has 2 nitrogen and oxygen atoms in total. The van der Waals surface area contributed by atoms with Gasteiger partial charge in [0.15, 0.2) is 0 Å². The number of rotatable bonds is 5. The molecule has 0 amide bonds. The Balaban J connectivity index is 2.12. The van der Waals surface area contributed by atoms with Crippen LogP contribution in [0.3, 0.4) is 0 Å². The number of phenolic OH excluding ortho intramolecular Hbond substituents is 1. The van der Waals surface area contributed by atoms with E-state index in [4.69, 9.17) is 23.2 Å².